The van der Waals surface area contributed by atoms with Crippen molar-refractivity contribution in [3.05, 3.63) is 64.8 Å². The number of aromatic nitrogens is 1. The zero-order valence-electron chi connectivity index (χ0n) is 15.4. The van der Waals surface area contributed by atoms with Crippen molar-refractivity contribution in [3.63, 3.8) is 0 Å². The normalized spacial score (nSPS) is 21.1. The number of hydrogen-bond acceptors (Lipinski definition) is 4. The van der Waals surface area contributed by atoms with Crippen LogP contribution in [-0.4, -0.2) is 11.0 Å². The highest BCUT2D eigenvalue weighted by molar-refractivity contribution is 6.55. The maximum Gasteiger partial charge on any atom is 0.310 e. The van der Waals surface area contributed by atoms with E-state index in [1.165, 1.54) is 0 Å². The van der Waals surface area contributed by atoms with Crippen LogP contribution in [0.1, 0.15) is 32.6 Å². The van der Waals surface area contributed by atoms with E-state index in [4.69, 9.17) is 32.7 Å². The number of pyridine rings is 1. The molecule has 142 valence electrons. The Morgan fingerprint density at radius 2 is 1.85 bits per heavy atom. The van der Waals surface area contributed by atoms with Crippen LogP contribution in [0, 0.1) is 17.3 Å². The fourth-order valence-corrected chi connectivity index (χ4v) is 3.48. The van der Waals surface area contributed by atoms with E-state index in [2.05, 4.69) is 4.98 Å². The minimum atomic E-state index is -0.496. The second-order valence-electron chi connectivity index (χ2n) is 7.18. The average Bonchev–Trinajstić information content (AvgIpc) is 3.15. The molecule has 0 bridgehead atoms. The van der Waals surface area contributed by atoms with Crippen LogP contribution in [-0.2, 0) is 9.53 Å². The first kappa shape index (κ1) is 19.7. The van der Waals surface area contributed by atoms with Gasteiger partial charge in [0.2, 0.25) is 5.88 Å². The van der Waals surface area contributed by atoms with Gasteiger partial charge in [-0.05, 0) is 42.5 Å². The molecule has 1 fully saturated rings. The summed E-state index contributed by atoms with van der Waals surface area (Å²) in [6, 6.07) is 14.8. The van der Waals surface area contributed by atoms with Gasteiger partial charge in [0.15, 0.2) is 0 Å². The van der Waals surface area contributed by atoms with E-state index < -0.39 is 6.10 Å². The molecule has 0 spiro atoms. The Morgan fingerprint density at radius 1 is 1.15 bits per heavy atom. The number of allylic oxidation sites excluding steroid dienone is 1. The summed E-state index contributed by atoms with van der Waals surface area (Å²) in [5.74, 6) is 0.570. The van der Waals surface area contributed by atoms with Gasteiger partial charge in [0.05, 0.1) is 11.6 Å². The Labute approximate surface area is 169 Å². The number of halogens is 2. The second-order valence-corrected chi connectivity index (χ2v) is 8.18. The summed E-state index contributed by atoms with van der Waals surface area (Å²) in [6.45, 7) is 5.78. The molecule has 0 amide bonds. The van der Waals surface area contributed by atoms with Gasteiger partial charge in [0, 0.05) is 6.07 Å². The van der Waals surface area contributed by atoms with Crippen LogP contribution in [0.2, 0.25) is 0 Å². The third-order valence-electron chi connectivity index (χ3n) is 4.89. The number of esters is 1. The third kappa shape index (κ3) is 4.63. The molecule has 0 radical (unpaired) electrons. The van der Waals surface area contributed by atoms with Crippen molar-refractivity contribution in [2.24, 2.45) is 17.3 Å². The quantitative estimate of drug-likeness (QED) is 0.547. The van der Waals surface area contributed by atoms with E-state index in [1.807, 2.05) is 50.2 Å². The number of para-hydroxylation sites is 1. The van der Waals surface area contributed by atoms with E-state index in [1.54, 1.807) is 25.1 Å². The zero-order chi connectivity index (χ0) is 19.6. The fraction of sp³-hybridized carbons (Fsp3) is 0.333. The van der Waals surface area contributed by atoms with Crippen LogP contribution in [0.5, 0.6) is 11.6 Å². The SMILES string of the molecule is CC(OC(=O)C1C(C=C(Cl)Cl)C1(C)C)c1cccc(Oc2ccccc2)n1. The topological polar surface area (TPSA) is 48.4 Å². The molecule has 0 saturated heterocycles. The first-order chi connectivity index (χ1) is 12.8. The van der Waals surface area contributed by atoms with Crippen molar-refractivity contribution in [3.8, 4) is 11.6 Å². The number of rotatable bonds is 6. The lowest BCUT2D eigenvalue weighted by Crippen LogP contribution is -2.14. The van der Waals surface area contributed by atoms with Gasteiger partial charge < -0.3 is 9.47 Å². The second kappa shape index (κ2) is 7.91. The van der Waals surface area contributed by atoms with E-state index in [-0.39, 0.29) is 27.7 Å². The number of hydrogen-bond donors (Lipinski definition) is 0. The van der Waals surface area contributed by atoms with Crippen molar-refractivity contribution in [2.45, 2.75) is 26.9 Å². The first-order valence-electron chi connectivity index (χ1n) is 8.72. The van der Waals surface area contributed by atoms with Gasteiger partial charge in [-0.2, -0.15) is 0 Å². The van der Waals surface area contributed by atoms with Gasteiger partial charge in [0.25, 0.3) is 0 Å². The van der Waals surface area contributed by atoms with E-state index in [0.29, 0.717) is 17.3 Å². The smallest absolute Gasteiger partial charge is 0.310 e. The molecule has 4 nitrogen and oxygen atoms in total. The van der Waals surface area contributed by atoms with Gasteiger partial charge in [-0.3, -0.25) is 4.79 Å². The predicted octanol–water partition coefficient (Wildman–Crippen LogP) is 6.07. The highest BCUT2D eigenvalue weighted by Crippen LogP contribution is 2.60. The molecular formula is C21H21Cl2NO3. The summed E-state index contributed by atoms with van der Waals surface area (Å²) < 4.78 is 11.5. The van der Waals surface area contributed by atoms with Crippen LogP contribution >= 0.6 is 23.2 Å². The lowest BCUT2D eigenvalue weighted by Gasteiger charge is -2.14. The maximum atomic E-state index is 12.6. The van der Waals surface area contributed by atoms with Crippen molar-refractivity contribution < 1.29 is 14.3 Å². The van der Waals surface area contributed by atoms with Gasteiger partial charge in [0.1, 0.15) is 16.3 Å². The Morgan fingerprint density at radius 3 is 2.52 bits per heavy atom. The van der Waals surface area contributed by atoms with Gasteiger partial charge >= 0.3 is 5.97 Å². The number of carbonyl (C=O) groups excluding carboxylic acids is 1. The van der Waals surface area contributed by atoms with E-state index >= 15 is 0 Å². The molecule has 6 heteroatoms. The molecule has 1 saturated carbocycles. The molecule has 0 N–H and O–H groups in total. The average molecular weight is 406 g/mol. The van der Waals surface area contributed by atoms with Crippen LogP contribution in [0.25, 0.3) is 0 Å². The summed E-state index contributed by atoms with van der Waals surface area (Å²) in [5, 5.41) is 0. The number of ether oxygens (including phenoxy) is 2. The number of benzene rings is 1. The lowest BCUT2D eigenvalue weighted by molar-refractivity contribution is -0.151. The lowest BCUT2D eigenvalue weighted by atomic mass is 10.1. The first-order valence-corrected chi connectivity index (χ1v) is 9.48. The third-order valence-corrected chi connectivity index (χ3v) is 5.14. The molecule has 2 aromatic rings. The number of carbonyl (C=O) groups is 1. The Bertz CT molecular complexity index is 848. The summed E-state index contributed by atoms with van der Waals surface area (Å²) in [7, 11) is 0. The van der Waals surface area contributed by atoms with Crippen LogP contribution < -0.4 is 4.74 Å². The molecule has 1 aromatic carbocycles. The van der Waals surface area contributed by atoms with Crippen molar-refractivity contribution in [1.82, 2.24) is 4.98 Å². The minimum absolute atomic E-state index is 0.0251. The largest absolute Gasteiger partial charge is 0.456 e. The molecule has 0 aliphatic heterocycles. The summed E-state index contributed by atoms with van der Waals surface area (Å²) in [5.41, 5.74) is 0.398. The van der Waals surface area contributed by atoms with E-state index in [0.717, 1.165) is 0 Å². The minimum Gasteiger partial charge on any atom is -0.456 e. The number of nitrogens with zero attached hydrogens (tertiary/aromatic N) is 1. The van der Waals surface area contributed by atoms with Crippen LogP contribution in [0.3, 0.4) is 0 Å². The van der Waals surface area contributed by atoms with Gasteiger partial charge in [-0.15, -0.1) is 0 Å². The Hall–Kier alpha value is -2.04. The molecule has 3 unspecified atom stereocenters. The summed E-state index contributed by atoms with van der Waals surface area (Å²) in [6.07, 6.45) is 1.20. The Balaban J connectivity index is 1.66. The highest BCUT2D eigenvalue weighted by Gasteiger charge is 2.61. The monoisotopic (exact) mass is 405 g/mol. The highest BCUT2D eigenvalue weighted by atomic mass is 35.5. The van der Waals surface area contributed by atoms with Gasteiger partial charge in [-0.1, -0.05) is 61.3 Å². The maximum absolute atomic E-state index is 12.6. The molecule has 1 aliphatic rings. The molecule has 1 aliphatic carbocycles. The molecule has 1 aromatic heterocycles. The van der Waals surface area contributed by atoms with Gasteiger partial charge in [-0.25, -0.2) is 4.98 Å². The standard InChI is InChI=1S/C21H21Cl2NO3/c1-13(26-20(25)19-15(12-17(22)23)21(19,2)3)16-10-7-11-18(24-16)27-14-8-5-4-6-9-14/h4-13,15,19H,1-3H3. The van der Waals surface area contributed by atoms with Crippen molar-refractivity contribution in [2.75, 3.05) is 0 Å². The molecule has 27 heavy (non-hydrogen) atoms. The predicted molar refractivity (Wildman–Crippen MR) is 106 cm³/mol. The molecular weight excluding hydrogens is 385 g/mol. The molecule has 3 rings (SSSR count). The van der Waals surface area contributed by atoms with E-state index in [9.17, 15) is 4.79 Å². The molecule has 1 heterocycles. The van der Waals surface area contributed by atoms with Crippen LogP contribution in [0.15, 0.2) is 59.1 Å². The zero-order valence-corrected chi connectivity index (χ0v) is 16.9. The summed E-state index contributed by atoms with van der Waals surface area (Å²) >= 11 is 11.5. The summed E-state index contributed by atoms with van der Waals surface area (Å²) in [4.78, 5) is 17.0. The van der Waals surface area contributed by atoms with Crippen LogP contribution in [0.4, 0.5) is 0 Å². The van der Waals surface area contributed by atoms with Crippen molar-refractivity contribution >= 4 is 29.2 Å². The van der Waals surface area contributed by atoms with Crippen molar-refractivity contribution in [1.29, 1.82) is 0 Å². The Kier molecular flexibility index (Phi) is 5.78. The molecule has 3 atom stereocenters. The fourth-order valence-electron chi connectivity index (χ4n) is 3.21.